The second-order valence-corrected chi connectivity index (χ2v) is 5.95. The molecule has 20 heavy (non-hydrogen) atoms. The normalized spacial score (nSPS) is 13.1. The number of hydrogen-bond donors (Lipinski definition) is 2. The van der Waals surface area contributed by atoms with Gasteiger partial charge in [-0.15, -0.1) is 0 Å². The van der Waals surface area contributed by atoms with Gasteiger partial charge in [-0.1, -0.05) is 20.8 Å². The Bertz CT molecular complexity index is 502. The highest BCUT2D eigenvalue weighted by Gasteiger charge is 2.29. The number of aliphatic hydroxyl groups is 1. The van der Waals surface area contributed by atoms with Gasteiger partial charge < -0.3 is 10.4 Å². The molecule has 0 saturated heterocycles. The van der Waals surface area contributed by atoms with Crippen LogP contribution < -0.4 is 5.32 Å². The molecular weight excluding hydrogens is 284 g/mol. The Kier molecular flexibility index (Phi) is 5.24. The number of aliphatic hydroxyl groups excluding tert-OH is 1. The highest BCUT2D eigenvalue weighted by Crippen LogP contribution is 2.31. The molecule has 1 atom stereocenters. The Hall–Kier alpha value is -1.47. The minimum absolute atomic E-state index is 0.0272. The minimum atomic E-state index is -0.535. The molecule has 0 aliphatic carbocycles. The molecule has 1 aromatic heterocycles. The molecule has 1 heterocycles. The summed E-state index contributed by atoms with van der Waals surface area (Å²) in [5.74, 6) is 0.0841. The predicted octanol–water partition coefficient (Wildman–Crippen LogP) is 2.56. The Morgan fingerprint density at radius 2 is 2.05 bits per heavy atom. The van der Waals surface area contributed by atoms with Gasteiger partial charge in [0.2, 0.25) is 11.1 Å². The van der Waals surface area contributed by atoms with Gasteiger partial charge in [-0.2, -0.15) is 4.98 Å². The summed E-state index contributed by atoms with van der Waals surface area (Å²) in [6, 6.07) is -0.184. The zero-order valence-corrected chi connectivity index (χ0v) is 12.7. The fraction of sp³-hybridized carbons (Fsp3) is 0.667. The summed E-state index contributed by atoms with van der Waals surface area (Å²) in [4.78, 5) is 18.3. The van der Waals surface area contributed by atoms with Crippen molar-refractivity contribution in [2.24, 2.45) is 5.41 Å². The summed E-state index contributed by atoms with van der Waals surface area (Å²) >= 11 is 5.77. The van der Waals surface area contributed by atoms with Crippen molar-refractivity contribution in [2.75, 3.05) is 11.9 Å². The topological polar surface area (TPSA) is 101 Å². The molecular formula is C12H19ClN4O3. The molecule has 0 aliphatic heterocycles. The number of hydrogen-bond acceptors (Lipinski definition) is 6. The maximum atomic E-state index is 11.1. The lowest BCUT2D eigenvalue weighted by Gasteiger charge is -2.31. The number of rotatable bonds is 5. The Morgan fingerprint density at radius 3 is 2.50 bits per heavy atom. The first-order valence-corrected chi connectivity index (χ1v) is 6.60. The van der Waals surface area contributed by atoms with Crippen molar-refractivity contribution >= 4 is 23.1 Å². The Morgan fingerprint density at radius 1 is 1.45 bits per heavy atom. The zero-order valence-electron chi connectivity index (χ0n) is 12.0. The number of nitrogens with one attached hydrogen (secondary N) is 1. The summed E-state index contributed by atoms with van der Waals surface area (Å²) in [6.07, 6.45) is 0.446. The zero-order chi connectivity index (χ0) is 15.5. The average Bonchev–Trinajstić information content (AvgIpc) is 2.25. The number of nitro groups is 1. The summed E-state index contributed by atoms with van der Waals surface area (Å²) in [7, 11) is 0. The molecule has 0 bridgehead atoms. The van der Waals surface area contributed by atoms with Gasteiger partial charge in [0.25, 0.3) is 0 Å². The molecule has 1 unspecified atom stereocenters. The van der Waals surface area contributed by atoms with Crippen LogP contribution in [0.1, 0.15) is 32.9 Å². The van der Waals surface area contributed by atoms with E-state index in [0.717, 1.165) is 0 Å². The predicted molar refractivity (Wildman–Crippen MR) is 77.0 cm³/mol. The molecule has 8 heteroatoms. The standard InChI is InChI=1S/C12H19ClN4O3/c1-7-9(17(19)20)10(16-11(13)14-7)15-8(5-6-18)12(2,3)4/h8,18H,5-6H2,1-4H3,(H,14,15,16). The Balaban J connectivity index is 3.21. The summed E-state index contributed by atoms with van der Waals surface area (Å²) in [5, 5.41) is 23.2. The van der Waals surface area contributed by atoms with Crippen molar-refractivity contribution in [1.29, 1.82) is 0 Å². The van der Waals surface area contributed by atoms with Crippen molar-refractivity contribution in [1.82, 2.24) is 9.97 Å². The number of aromatic nitrogens is 2. The number of nitrogens with zero attached hydrogens (tertiary/aromatic N) is 3. The molecule has 0 saturated carbocycles. The monoisotopic (exact) mass is 302 g/mol. The van der Waals surface area contributed by atoms with Crippen molar-refractivity contribution in [3.8, 4) is 0 Å². The fourth-order valence-electron chi connectivity index (χ4n) is 1.87. The third-order valence-electron chi connectivity index (χ3n) is 2.99. The van der Waals surface area contributed by atoms with Crippen LogP contribution in [0, 0.1) is 22.5 Å². The maximum absolute atomic E-state index is 11.1. The molecule has 1 rings (SSSR count). The van der Waals surface area contributed by atoms with E-state index in [1.807, 2.05) is 20.8 Å². The summed E-state index contributed by atoms with van der Waals surface area (Å²) < 4.78 is 0. The van der Waals surface area contributed by atoms with Crippen LogP contribution in [-0.4, -0.2) is 32.6 Å². The van der Waals surface area contributed by atoms with Crippen LogP contribution in [0.2, 0.25) is 5.28 Å². The van der Waals surface area contributed by atoms with Crippen molar-refractivity contribution in [2.45, 2.75) is 40.2 Å². The van der Waals surface area contributed by atoms with Crippen molar-refractivity contribution in [3.05, 3.63) is 21.1 Å². The van der Waals surface area contributed by atoms with Crippen LogP contribution in [0.4, 0.5) is 11.5 Å². The third-order valence-corrected chi connectivity index (χ3v) is 3.16. The third kappa shape index (κ3) is 4.01. The molecule has 0 radical (unpaired) electrons. The van der Waals surface area contributed by atoms with Gasteiger partial charge in [0.15, 0.2) is 0 Å². The van der Waals surface area contributed by atoms with Gasteiger partial charge in [-0.25, -0.2) is 4.98 Å². The summed E-state index contributed by atoms with van der Waals surface area (Å²) in [6.45, 7) is 7.40. The van der Waals surface area contributed by atoms with E-state index >= 15 is 0 Å². The van der Waals surface area contributed by atoms with Crippen LogP contribution in [-0.2, 0) is 0 Å². The molecule has 0 aromatic carbocycles. The molecule has 112 valence electrons. The SMILES string of the molecule is Cc1nc(Cl)nc(NC(CCO)C(C)(C)C)c1[N+](=O)[O-]. The summed E-state index contributed by atoms with van der Waals surface area (Å²) in [5.41, 5.74) is -0.196. The molecule has 0 fully saturated rings. The average molecular weight is 303 g/mol. The van der Waals surface area contributed by atoms with E-state index in [1.54, 1.807) is 0 Å². The number of halogens is 1. The highest BCUT2D eigenvalue weighted by molar-refractivity contribution is 6.28. The highest BCUT2D eigenvalue weighted by atomic mass is 35.5. The fourth-order valence-corrected chi connectivity index (χ4v) is 2.08. The van der Waals surface area contributed by atoms with Gasteiger partial charge in [0, 0.05) is 12.6 Å². The lowest BCUT2D eigenvalue weighted by Crippen LogP contribution is -2.35. The van der Waals surface area contributed by atoms with Crippen LogP contribution in [0.3, 0.4) is 0 Å². The number of aryl methyl sites for hydroxylation is 1. The lowest BCUT2D eigenvalue weighted by atomic mass is 9.85. The van der Waals surface area contributed by atoms with Crippen LogP contribution >= 0.6 is 11.6 Å². The van der Waals surface area contributed by atoms with Crippen LogP contribution in [0.25, 0.3) is 0 Å². The first-order valence-electron chi connectivity index (χ1n) is 6.22. The quantitative estimate of drug-likeness (QED) is 0.492. The molecule has 0 aliphatic rings. The largest absolute Gasteiger partial charge is 0.396 e. The second-order valence-electron chi connectivity index (χ2n) is 5.61. The van der Waals surface area contributed by atoms with E-state index in [2.05, 4.69) is 15.3 Å². The Labute approximate surface area is 122 Å². The molecule has 1 aromatic rings. The van der Waals surface area contributed by atoms with E-state index < -0.39 is 4.92 Å². The number of anilines is 1. The van der Waals surface area contributed by atoms with E-state index in [1.165, 1.54) is 6.92 Å². The van der Waals surface area contributed by atoms with Crippen molar-refractivity contribution in [3.63, 3.8) is 0 Å². The molecule has 7 nitrogen and oxygen atoms in total. The van der Waals surface area contributed by atoms with E-state index in [-0.39, 0.29) is 40.5 Å². The maximum Gasteiger partial charge on any atom is 0.332 e. The van der Waals surface area contributed by atoms with Crippen LogP contribution in [0.15, 0.2) is 0 Å². The van der Waals surface area contributed by atoms with E-state index in [0.29, 0.717) is 6.42 Å². The smallest absolute Gasteiger partial charge is 0.332 e. The van der Waals surface area contributed by atoms with Crippen molar-refractivity contribution < 1.29 is 10.0 Å². The van der Waals surface area contributed by atoms with E-state index in [9.17, 15) is 10.1 Å². The van der Waals surface area contributed by atoms with Gasteiger partial charge >= 0.3 is 5.69 Å². The first-order chi connectivity index (χ1) is 9.16. The lowest BCUT2D eigenvalue weighted by molar-refractivity contribution is -0.385. The molecule has 0 spiro atoms. The van der Waals surface area contributed by atoms with Gasteiger partial charge in [-0.3, -0.25) is 10.1 Å². The van der Waals surface area contributed by atoms with Gasteiger partial charge in [0.05, 0.1) is 4.92 Å². The second kappa shape index (κ2) is 6.32. The van der Waals surface area contributed by atoms with Gasteiger partial charge in [-0.05, 0) is 30.4 Å². The first kappa shape index (κ1) is 16.6. The molecule has 0 amide bonds. The molecule has 2 N–H and O–H groups in total. The van der Waals surface area contributed by atoms with Crippen LogP contribution in [0.5, 0.6) is 0 Å². The van der Waals surface area contributed by atoms with Gasteiger partial charge in [0.1, 0.15) is 5.69 Å². The minimum Gasteiger partial charge on any atom is -0.396 e. The van der Waals surface area contributed by atoms with E-state index in [4.69, 9.17) is 16.7 Å².